The summed E-state index contributed by atoms with van der Waals surface area (Å²) >= 11 is 0. The van der Waals surface area contributed by atoms with Gasteiger partial charge in [0, 0.05) is 25.2 Å². The van der Waals surface area contributed by atoms with Crippen molar-refractivity contribution in [3.8, 4) is 0 Å². The Kier molecular flexibility index (Phi) is 3.53. The van der Waals surface area contributed by atoms with Crippen molar-refractivity contribution >= 4 is 5.91 Å². The zero-order chi connectivity index (χ0) is 13.2. The molecule has 1 aromatic carbocycles. The number of fused-ring (bicyclic) bond motifs is 2. The number of aliphatic hydroxyl groups excluding tert-OH is 1. The Morgan fingerprint density at radius 1 is 1.21 bits per heavy atom. The lowest BCUT2D eigenvalue weighted by Crippen LogP contribution is -2.41. The highest BCUT2D eigenvalue weighted by Gasteiger charge is 2.33. The van der Waals surface area contributed by atoms with Crippen LogP contribution in [0.2, 0.25) is 0 Å². The van der Waals surface area contributed by atoms with Gasteiger partial charge in [-0.2, -0.15) is 0 Å². The van der Waals surface area contributed by atoms with Gasteiger partial charge in [0.1, 0.15) is 0 Å². The molecular weight excluding hydrogens is 240 g/mol. The number of rotatable bonds is 2. The van der Waals surface area contributed by atoms with Gasteiger partial charge in [0.2, 0.25) is 0 Å². The fourth-order valence-corrected chi connectivity index (χ4v) is 3.09. The number of likely N-dealkylation sites (tertiary alicyclic amines) is 1. The molecular formula is C15H20N2O2. The second-order valence-corrected chi connectivity index (χ2v) is 5.52. The molecule has 0 aliphatic carbocycles. The number of amides is 1. The zero-order valence-corrected chi connectivity index (χ0v) is 11.0. The van der Waals surface area contributed by atoms with Crippen molar-refractivity contribution in [1.82, 2.24) is 10.2 Å². The van der Waals surface area contributed by atoms with E-state index < -0.39 is 6.10 Å². The van der Waals surface area contributed by atoms with E-state index in [1.807, 2.05) is 23.1 Å². The van der Waals surface area contributed by atoms with E-state index >= 15 is 0 Å². The van der Waals surface area contributed by atoms with Gasteiger partial charge in [-0.25, -0.2) is 0 Å². The first kappa shape index (κ1) is 12.6. The lowest BCUT2D eigenvalue weighted by atomic mass is 10.1. The number of carbonyl (C=O) groups excluding carboxylic acids is 1. The first-order valence-corrected chi connectivity index (χ1v) is 7.02. The van der Waals surface area contributed by atoms with Crippen molar-refractivity contribution in [2.45, 2.75) is 37.5 Å². The van der Waals surface area contributed by atoms with Crippen LogP contribution in [0.15, 0.2) is 30.3 Å². The molecule has 3 atom stereocenters. The summed E-state index contributed by atoms with van der Waals surface area (Å²) in [4.78, 5) is 14.2. The largest absolute Gasteiger partial charge is 0.378 e. The summed E-state index contributed by atoms with van der Waals surface area (Å²) in [5, 5.41) is 13.7. The van der Waals surface area contributed by atoms with Crippen molar-refractivity contribution in [1.29, 1.82) is 0 Å². The fourth-order valence-electron chi connectivity index (χ4n) is 3.09. The lowest BCUT2D eigenvalue weighted by molar-refractivity contribution is -0.140. The summed E-state index contributed by atoms with van der Waals surface area (Å²) in [6, 6.07) is 10.1. The molecule has 3 rings (SSSR count). The average molecular weight is 260 g/mol. The van der Waals surface area contributed by atoms with Crippen molar-refractivity contribution in [2.24, 2.45) is 0 Å². The molecule has 102 valence electrons. The Morgan fingerprint density at radius 3 is 2.74 bits per heavy atom. The highest BCUT2D eigenvalue weighted by atomic mass is 16.3. The molecule has 3 unspecified atom stereocenters. The predicted molar refractivity (Wildman–Crippen MR) is 72.5 cm³/mol. The summed E-state index contributed by atoms with van der Waals surface area (Å²) in [6.07, 6.45) is 2.31. The van der Waals surface area contributed by atoms with Gasteiger partial charge in [-0.05, 0) is 24.8 Å². The standard InChI is InChI=1S/C15H20N2O2/c18-14(11-4-2-1-3-5-11)15(19)17-9-8-12-6-7-13(10-17)16-12/h1-5,12-14,16,18H,6-10H2. The van der Waals surface area contributed by atoms with Crippen molar-refractivity contribution in [3.63, 3.8) is 0 Å². The van der Waals surface area contributed by atoms with Crippen LogP contribution in [0.1, 0.15) is 30.9 Å². The molecule has 0 saturated carbocycles. The van der Waals surface area contributed by atoms with Gasteiger partial charge < -0.3 is 15.3 Å². The second kappa shape index (κ2) is 5.31. The summed E-state index contributed by atoms with van der Waals surface area (Å²) in [5.74, 6) is -0.166. The number of nitrogens with zero attached hydrogens (tertiary/aromatic N) is 1. The van der Waals surface area contributed by atoms with Crippen LogP contribution in [-0.2, 0) is 4.79 Å². The van der Waals surface area contributed by atoms with E-state index in [0.717, 1.165) is 25.9 Å². The molecule has 4 nitrogen and oxygen atoms in total. The van der Waals surface area contributed by atoms with Gasteiger partial charge in [-0.15, -0.1) is 0 Å². The molecule has 0 radical (unpaired) electrons. The predicted octanol–water partition coefficient (Wildman–Crippen LogP) is 1.07. The van der Waals surface area contributed by atoms with Crippen molar-refractivity contribution < 1.29 is 9.90 Å². The fraction of sp³-hybridized carbons (Fsp3) is 0.533. The van der Waals surface area contributed by atoms with Crippen LogP contribution >= 0.6 is 0 Å². The van der Waals surface area contributed by atoms with Gasteiger partial charge in [0.15, 0.2) is 6.10 Å². The van der Waals surface area contributed by atoms with Gasteiger partial charge in [-0.3, -0.25) is 4.79 Å². The SMILES string of the molecule is O=C(C(O)c1ccccc1)N1CCC2CCC(C1)N2. The Labute approximate surface area is 113 Å². The number of carbonyl (C=O) groups is 1. The first-order chi connectivity index (χ1) is 9.24. The summed E-state index contributed by atoms with van der Waals surface area (Å²) in [7, 11) is 0. The molecule has 2 aliphatic rings. The number of aliphatic hydroxyl groups is 1. The van der Waals surface area contributed by atoms with E-state index in [0.29, 0.717) is 17.6 Å². The van der Waals surface area contributed by atoms with Crippen LogP contribution in [0, 0.1) is 0 Å². The van der Waals surface area contributed by atoms with Gasteiger partial charge in [-0.1, -0.05) is 30.3 Å². The average Bonchev–Trinajstić information content (AvgIpc) is 2.78. The van der Waals surface area contributed by atoms with Crippen molar-refractivity contribution in [3.05, 3.63) is 35.9 Å². The summed E-state index contributed by atoms with van der Waals surface area (Å²) < 4.78 is 0. The van der Waals surface area contributed by atoms with Gasteiger partial charge in [0.05, 0.1) is 0 Å². The third kappa shape index (κ3) is 2.65. The van der Waals surface area contributed by atoms with Crippen LogP contribution in [0.5, 0.6) is 0 Å². The third-order valence-electron chi connectivity index (χ3n) is 4.18. The van der Waals surface area contributed by atoms with Gasteiger partial charge in [0.25, 0.3) is 5.91 Å². The highest BCUT2D eigenvalue weighted by molar-refractivity contribution is 5.82. The number of hydrogen-bond acceptors (Lipinski definition) is 3. The van der Waals surface area contributed by atoms with Crippen LogP contribution in [0.4, 0.5) is 0 Å². The van der Waals surface area contributed by atoms with E-state index in [1.165, 1.54) is 6.42 Å². The van der Waals surface area contributed by atoms with E-state index in [1.54, 1.807) is 12.1 Å². The van der Waals surface area contributed by atoms with E-state index in [-0.39, 0.29) is 5.91 Å². The smallest absolute Gasteiger partial charge is 0.256 e. The molecule has 2 bridgehead atoms. The Morgan fingerprint density at radius 2 is 1.95 bits per heavy atom. The van der Waals surface area contributed by atoms with Crippen LogP contribution in [0.25, 0.3) is 0 Å². The number of benzene rings is 1. The maximum atomic E-state index is 12.4. The monoisotopic (exact) mass is 260 g/mol. The number of nitrogens with one attached hydrogen (secondary N) is 1. The minimum atomic E-state index is -1.03. The maximum Gasteiger partial charge on any atom is 0.256 e. The quantitative estimate of drug-likeness (QED) is 0.836. The van der Waals surface area contributed by atoms with Crippen LogP contribution < -0.4 is 5.32 Å². The topological polar surface area (TPSA) is 52.6 Å². The second-order valence-electron chi connectivity index (χ2n) is 5.52. The third-order valence-corrected chi connectivity index (χ3v) is 4.18. The van der Waals surface area contributed by atoms with Crippen molar-refractivity contribution in [2.75, 3.05) is 13.1 Å². The summed E-state index contributed by atoms with van der Waals surface area (Å²) in [6.45, 7) is 1.47. The Bertz CT molecular complexity index is 449. The van der Waals surface area contributed by atoms with Crippen LogP contribution in [-0.4, -0.2) is 41.1 Å². The molecule has 2 N–H and O–H groups in total. The van der Waals surface area contributed by atoms with E-state index in [4.69, 9.17) is 0 Å². The van der Waals surface area contributed by atoms with E-state index in [9.17, 15) is 9.90 Å². The molecule has 2 aliphatic heterocycles. The Balaban J connectivity index is 1.70. The molecule has 2 fully saturated rings. The van der Waals surface area contributed by atoms with Crippen LogP contribution in [0.3, 0.4) is 0 Å². The van der Waals surface area contributed by atoms with Gasteiger partial charge >= 0.3 is 0 Å². The molecule has 0 spiro atoms. The molecule has 1 aromatic rings. The molecule has 4 heteroatoms. The lowest BCUT2D eigenvalue weighted by Gasteiger charge is -2.26. The van der Waals surface area contributed by atoms with E-state index in [2.05, 4.69) is 5.32 Å². The Hall–Kier alpha value is -1.39. The summed E-state index contributed by atoms with van der Waals surface area (Å²) in [5.41, 5.74) is 0.676. The zero-order valence-electron chi connectivity index (χ0n) is 11.0. The molecule has 2 heterocycles. The molecule has 1 amide bonds. The normalized spacial score (nSPS) is 27.9. The first-order valence-electron chi connectivity index (χ1n) is 7.02. The highest BCUT2D eigenvalue weighted by Crippen LogP contribution is 2.23. The maximum absolute atomic E-state index is 12.4. The molecule has 2 saturated heterocycles. The minimum absolute atomic E-state index is 0.166. The molecule has 19 heavy (non-hydrogen) atoms. The minimum Gasteiger partial charge on any atom is -0.378 e. The molecule has 0 aromatic heterocycles. The number of hydrogen-bond donors (Lipinski definition) is 2.